The van der Waals surface area contributed by atoms with E-state index in [0.29, 0.717) is 5.69 Å². The number of hydrogen-bond acceptors (Lipinski definition) is 3. The van der Waals surface area contributed by atoms with E-state index in [4.69, 9.17) is 0 Å². The Bertz CT molecular complexity index is 870. The van der Waals surface area contributed by atoms with Gasteiger partial charge in [0.1, 0.15) is 18.1 Å². The van der Waals surface area contributed by atoms with Crippen LogP contribution in [0.1, 0.15) is 5.69 Å². The molecule has 1 saturated heterocycles. The van der Waals surface area contributed by atoms with E-state index < -0.39 is 30.2 Å². The molecule has 0 spiro atoms. The van der Waals surface area contributed by atoms with Gasteiger partial charge in [-0.25, -0.2) is 14.1 Å². The second-order valence-electron chi connectivity index (χ2n) is 5.48. The lowest BCUT2D eigenvalue weighted by Crippen LogP contribution is -2.38. The number of aryl methyl sites for hydroxylation is 1. The minimum Gasteiger partial charge on any atom is -0.351 e. The van der Waals surface area contributed by atoms with Crippen molar-refractivity contribution in [2.45, 2.75) is 0 Å². The van der Waals surface area contributed by atoms with Crippen LogP contribution in [-0.2, 0) is 16.6 Å². The van der Waals surface area contributed by atoms with Crippen LogP contribution in [0.3, 0.4) is 0 Å². The highest BCUT2D eigenvalue weighted by Crippen LogP contribution is 2.15. The van der Waals surface area contributed by atoms with Crippen molar-refractivity contribution >= 4 is 29.6 Å². The third-order valence-electron chi connectivity index (χ3n) is 3.67. The lowest BCUT2D eigenvalue weighted by atomic mass is 10.3. The molecule has 4 amide bonds. The molecule has 8 heteroatoms. The number of anilines is 1. The highest BCUT2D eigenvalue weighted by Gasteiger charge is 2.35. The third-order valence-corrected chi connectivity index (χ3v) is 3.67. The zero-order valence-corrected chi connectivity index (χ0v) is 13.3. The third kappa shape index (κ3) is 3.57. The number of amides is 4. The molecule has 0 unspecified atom stereocenters. The molecule has 2 heterocycles. The Morgan fingerprint density at radius 3 is 2.60 bits per heavy atom. The Balaban J connectivity index is 1.68. The second kappa shape index (κ2) is 6.60. The van der Waals surface area contributed by atoms with Crippen molar-refractivity contribution in [1.29, 1.82) is 0 Å². The average molecular weight is 342 g/mol. The molecule has 3 rings (SSSR count). The number of aromatic nitrogens is 1. The Morgan fingerprint density at radius 2 is 1.96 bits per heavy atom. The van der Waals surface area contributed by atoms with Crippen molar-refractivity contribution < 1.29 is 18.8 Å². The minimum absolute atomic E-state index is 0.0985. The van der Waals surface area contributed by atoms with Gasteiger partial charge in [0.05, 0.1) is 0 Å². The van der Waals surface area contributed by atoms with Crippen molar-refractivity contribution in [3.8, 4) is 0 Å². The van der Waals surface area contributed by atoms with Gasteiger partial charge in [-0.2, -0.15) is 0 Å². The van der Waals surface area contributed by atoms with Gasteiger partial charge in [0.2, 0.25) is 5.91 Å². The van der Waals surface area contributed by atoms with E-state index in [2.05, 4.69) is 10.6 Å². The molecule has 0 bridgehead atoms. The summed E-state index contributed by atoms with van der Waals surface area (Å²) in [6, 6.07) is 8.10. The van der Waals surface area contributed by atoms with Gasteiger partial charge < -0.3 is 15.2 Å². The number of urea groups is 1. The first-order valence-electron chi connectivity index (χ1n) is 7.45. The Hall–Kier alpha value is -3.42. The number of nitrogens with one attached hydrogen (secondary N) is 2. The number of hydrogen-bond donors (Lipinski definition) is 2. The first-order valence-corrected chi connectivity index (χ1v) is 7.45. The number of nitrogens with zero attached hydrogens (tertiary/aromatic N) is 2. The summed E-state index contributed by atoms with van der Waals surface area (Å²) in [4.78, 5) is 37.1. The summed E-state index contributed by atoms with van der Waals surface area (Å²) in [5.74, 6) is -1.57. The number of rotatable bonds is 4. The summed E-state index contributed by atoms with van der Waals surface area (Å²) in [5.41, 5.74) is 1.21. The fraction of sp³-hybridized carbons (Fsp3) is 0.118. The number of carbonyl (C=O) groups is 3. The molecular formula is C17H15FN4O3. The topological polar surface area (TPSA) is 83.4 Å². The van der Waals surface area contributed by atoms with Gasteiger partial charge in [0.25, 0.3) is 5.91 Å². The van der Waals surface area contributed by atoms with E-state index in [-0.39, 0.29) is 5.70 Å². The van der Waals surface area contributed by atoms with Gasteiger partial charge in [0, 0.05) is 24.6 Å². The molecule has 1 aliphatic heterocycles. The fourth-order valence-electron chi connectivity index (χ4n) is 2.36. The maximum Gasteiger partial charge on any atom is 0.329 e. The highest BCUT2D eigenvalue weighted by molar-refractivity contribution is 6.15. The summed E-state index contributed by atoms with van der Waals surface area (Å²) >= 11 is 0. The maximum absolute atomic E-state index is 12.9. The molecular weight excluding hydrogens is 327 g/mol. The monoisotopic (exact) mass is 342 g/mol. The van der Waals surface area contributed by atoms with Gasteiger partial charge in [-0.15, -0.1) is 0 Å². The molecule has 0 aliphatic carbocycles. The molecule has 0 radical (unpaired) electrons. The Labute approximate surface area is 142 Å². The zero-order chi connectivity index (χ0) is 18.0. The quantitative estimate of drug-likeness (QED) is 0.655. The van der Waals surface area contributed by atoms with Crippen molar-refractivity contribution in [2.24, 2.45) is 7.05 Å². The SMILES string of the molecule is Cn1cccc1/C=C1\NC(=O)N(CC(=O)Nc2ccc(F)cc2)C1=O. The van der Waals surface area contributed by atoms with Crippen LogP contribution in [-0.4, -0.2) is 33.9 Å². The number of carbonyl (C=O) groups excluding carboxylic acids is 3. The number of imide groups is 1. The van der Waals surface area contributed by atoms with Crippen LogP contribution >= 0.6 is 0 Å². The van der Waals surface area contributed by atoms with E-state index in [0.717, 1.165) is 10.6 Å². The van der Waals surface area contributed by atoms with Crippen molar-refractivity contribution in [3.05, 3.63) is 59.8 Å². The van der Waals surface area contributed by atoms with Crippen molar-refractivity contribution in [2.75, 3.05) is 11.9 Å². The molecule has 7 nitrogen and oxygen atoms in total. The molecule has 0 saturated carbocycles. The standard InChI is InChI=1S/C17H15FN4O3/c1-21-8-2-3-13(21)9-14-16(24)22(17(25)20-14)10-15(23)19-12-6-4-11(18)5-7-12/h2-9H,10H2,1H3,(H,19,23)(H,20,25)/b14-9-. The maximum atomic E-state index is 12.9. The van der Waals surface area contributed by atoms with E-state index in [9.17, 15) is 18.8 Å². The predicted octanol–water partition coefficient (Wildman–Crippen LogP) is 1.70. The second-order valence-corrected chi connectivity index (χ2v) is 5.48. The summed E-state index contributed by atoms with van der Waals surface area (Å²) < 4.78 is 14.6. The largest absolute Gasteiger partial charge is 0.351 e. The highest BCUT2D eigenvalue weighted by atomic mass is 19.1. The van der Waals surface area contributed by atoms with Gasteiger partial charge in [0.15, 0.2) is 0 Å². The van der Waals surface area contributed by atoms with Crippen LogP contribution < -0.4 is 10.6 Å². The molecule has 1 aromatic carbocycles. The molecule has 1 aromatic heterocycles. The van der Waals surface area contributed by atoms with Crippen LogP contribution in [0, 0.1) is 5.82 Å². The Kier molecular flexibility index (Phi) is 4.34. The average Bonchev–Trinajstić information content (AvgIpc) is 3.08. The summed E-state index contributed by atoms with van der Waals surface area (Å²) in [6.07, 6.45) is 3.35. The van der Waals surface area contributed by atoms with E-state index in [1.807, 2.05) is 19.3 Å². The van der Waals surface area contributed by atoms with Gasteiger partial charge in [-0.05, 0) is 42.5 Å². The van der Waals surface area contributed by atoms with Crippen molar-refractivity contribution in [1.82, 2.24) is 14.8 Å². The van der Waals surface area contributed by atoms with Crippen molar-refractivity contribution in [3.63, 3.8) is 0 Å². The minimum atomic E-state index is -0.667. The summed E-state index contributed by atoms with van der Waals surface area (Å²) in [6.45, 7) is -0.438. The van der Waals surface area contributed by atoms with E-state index in [1.165, 1.54) is 30.3 Å². The molecule has 2 N–H and O–H groups in total. The Morgan fingerprint density at radius 1 is 1.24 bits per heavy atom. The lowest BCUT2D eigenvalue weighted by molar-refractivity contribution is -0.127. The molecule has 1 fully saturated rings. The normalized spacial score (nSPS) is 15.6. The molecule has 2 aromatic rings. The smallest absolute Gasteiger partial charge is 0.329 e. The van der Waals surface area contributed by atoms with Gasteiger partial charge >= 0.3 is 6.03 Å². The summed E-state index contributed by atoms with van der Waals surface area (Å²) in [7, 11) is 1.81. The lowest BCUT2D eigenvalue weighted by Gasteiger charge is -2.11. The zero-order valence-electron chi connectivity index (χ0n) is 13.3. The van der Waals surface area contributed by atoms with Gasteiger partial charge in [-0.1, -0.05) is 0 Å². The molecule has 1 aliphatic rings. The fourth-order valence-corrected chi connectivity index (χ4v) is 2.36. The van der Waals surface area contributed by atoms with Crippen LogP contribution in [0.25, 0.3) is 6.08 Å². The first kappa shape index (κ1) is 16.4. The van der Waals surface area contributed by atoms with Crippen LogP contribution in [0.5, 0.6) is 0 Å². The van der Waals surface area contributed by atoms with E-state index in [1.54, 1.807) is 10.6 Å². The van der Waals surface area contributed by atoms with E-state index >= 15 is 0 Å². The first-order chi connectivity index (χ1) is 11.9. The number of benzene rings is 1. The molecule has 128 valence electrons. The molecule has 25 heavy (non-hydrogen) atoms. The van der Waals surface area contributed by atoms with Crippen LogP contribution in [0.2, 0.25) is 0 Å². The number of halogens is 1. The van der Waals surface area contributed by atoms with Gasteiger partial charge in [-0.3, -0.25) is 9.59 Å². The van der Waals surface area contributed by atoms with Crippen LogP contribution in [0.15, 0.2) is 48.3 Å². The summed E-state index contributed by atoms with van der Waals surface area (Å²) in [5, 5.41) is 4.96. The predicted molar refractivity (Wildman–Crippen MR) is 88.7 cm³/mol. The van der Waals surface area contributed by atoms with Crippen LogP contribution in [0.4, 0.5) is 14.9 Å². The molecule has 0 atom stereocenters.